The van der Waals surface area contributed by atoms with Crippen molar-refractivity contribution in [1.82, 2.24) is 0 Å². The van der Waals surface area contributed by atoms with Gasteiger partial charge in [-0.15, -0.1) is 11.8 Å². The fourth-order valence-corrected chi connectivity index (χ4v) is 2.98. The van der Waals surface area contributed by atoms with Gasteiger partial charge in [0.2, 0.25) is 0 Å². The van der Waals surface area contributed by atoms with Crippen LogP contribution in [0.3, 0.4) is 0 Å². The van der Waals surface area contributed by atoms with E-state index in [1.54, 1.807) is 0 Å². The zero-order valence-corrected chi connectivity index (χ0v) is 13.8. The van der Waals surface area contributed by atoms with Crippen LogP contribution in [0.25, 0.3) is 0 Å². The Morgan fingerprint density at radius 3 is 2.23 bits per heavy atom. The van der Waals surface area contributed by atoms with Crippen LogP contribution in [0.1, 0.15) is 24.8 Å². The van der Waals surface area contributed by atoms with Gasteiger partial charge in [-0.3, -0.25) is 0 Å². The van der Waals surface area contributed by atoms with Crippen molar-refractivity contribution in [2.24, 2.45) is 0 Å². The maximum atomic E-state index is 5.49. The Balaban J connectivity index is 1.37. The van der Waals surface area contributed by atoms with Crippen molar-refractivity contribution < 1.29 is 9.47 Å². The van der Waals surface area contributed by atoms with Crippen molar-refractivity contribution in [3.8, 4) is 0 Å². The first-order valence-electron chi connectivity index (χ1n) is 7.82. The lowest BCUT2D eigenvalue weighted by molar-refractivity contribution is -0.0622. The fourth-order valence-electron chi connectivity index (χ4n) is 2.04. The molecule has 0 heterocycles. The highest BCUT2D eigenvalue weighted by Crippen LogP contribution is 2.18. The molecule has 0 aliphatic carbocycles. The molecule has 0 saturated carbocycles. The van der Waals surface area contributed by atoms with Crippen molar-refractivity contribution in [1.29, 1.82) is 0 Å². The van der Waals surface area contributed by atoms with Gasteiger partial charge >= 0.3 is 0 Å². The summed E-state index contributed by atoms with van der Waals surface area (Å²) >= 11 is 1.92. The van der Waals surface area contributed by atoms with Gasteiger partial charge in [-0.2, -0.15) is 0 Å². The van der Waals surface area contributed by atoms with Crippen molar-refractivity contribution in [2.75, 3.05) is 19.2 Å². The highest BCUT2D eigenvalue weighted by molar-refractivity contribution is 7.99. The van der Waals surface area contributed by atoms with Gasteiger partial charge in [0.25, 0.3) is 0 Å². The SMILES string of the molecule is c1ccc(COCOCCCCCSc2ccccc2)cc1. The maximum absolute atomic E-state index is 5.49. The topological polar surface area (TPSA) is 18.5 Å². The van der Waals surface area contributed by atoms with E-state index in [9.17, 15) is 0 Å². The van der Waals surface area contributed by atoms with Gasteiger partial charge in [0.05, 0.1) is 6.61 Å². The maximum Gasteiger partial charge on any atom is 0.147 e. The second-order valence-electron chi connectivity index (χ2n) is 5.08. The lowest BCUT2D eigenvalue weighted by Crippen LogP contribution is -2.02. The summed E-state index contributed by atoms with van der Waals surface area (Å²) in [6.45, 7) is 1.78. The Hall–Kier alpha value is -1.29. The molecule has 2 aromatic rings. The summed E-state index contributed by atoms with van der Waals surface area (Å²) in [5, 5.41) is 0. The first kappa shape index (κ1) is 17.1. The van der Waals surface area contributed by atoms with E-state index in [-0.39, 0.29) is 0 Å². The van der Waals surface area contributed by atoms with Crippen molar-refractivity contribution in [3.63, 3.8) is 0 Å². The Kier molecular flexibility index (Phi) is 8.77. The Bertz CT molecular complexity index is 440. The Morgan fingerprint density at radius 2 is 1.45 bits per heavy atom. The van der Waals surface area contributed by atoms with E-state index in [2.05, 4.69) is 42.5 Å². The Labute approximate surface area is 137 Å². The molecule has 0 aliphatic heterocycles. The summed E-state index contributed by atoms with van der Waals surface area (Å²) in [5.74, 6) is 1.18. The van der Waals surface area contributed by atoms with E-state index in [1.165, 1.54) is 29.1 Å². The van der Waals surface area contributed by atoms with Gasteiger partial charge in [0.15, 0.2) is 0 Å². The second-order valence-corrected chi connectivity index (χ2v) is 6.25. The predicted octanol–water partition coefficient (Wildman–Crippen LogP) is 5.14. The van der Waals surface area contributed by atoms with E-state index >= 15 is 0 Å². The van der Waals surface area contributed by atoms with Crippen molar-refractivity contribution in [3.05, 3.63) is 66.2 Å². The minimum absolute atomic E-state index is 0.383. The molecule has 0 N–H and O–H groups in total. The number of unbranched alkanes of at least 4 members (excludes halogenated alkanes) is 2. The third kappa shape index (κ3) is 7.64. The van der Waals surface area contributed by atoms with Crippen LogP contribution in [0.4, 0.5) is 0 Å². The zero-order chi connectivity index (χ0) is 15.3. The smallest absolute Gasteiger partial charge is 0.147 e. The van der Waals surface area contributed by atoms with E-state index in [4.69, 9.17) is 9.47 Å². The second kappa shape index (κ2) is 11.3. The van der Waals surface area contributed by atoms with Crippen LogP contribution >= 0.6 is 11.8 Å². The van der Waals surface area contributed by atoms with Crippen molar-refractivity contribution in [2.45, 2.75) is 30.8 Å². The number of benzene rings is 2. The molecular weight excluding hydrogens is 292 g/mol. The highest BCUT2D eigenvalue weighted by Gasteiger charge is 1.95. The third-order valence-electron chi connectivity index (χ3n) is 3.22. The monoisotopic (exact) mass is 316 g/mol. The van der Waals surface area contributed by atoms with E-state index in [1.807, 2.05) is 30.0 Å². The zero-order valence-electron chi connectivity index (χ0n) is 12.9. The number of ether oxygens (including phenoxy) is 2. The molecule has 2 rings (SSSR count). The van der Waals surface area contributed by atoms with E-state index < -0.39 is 0 Å². The predicted molar refractivity (Wildman–Crippen MR) is 93.1 cm³/mol. The van der Waals surface area contributed by atoms with E-state index in [0.29, 0.717) is 13.4 Å². The van der Waals surface area contributed by atoms with Crippen LogP contribution in [0.2, 0.25) is 0 Å². The minimum Gasteiger partial charge on any atom is -0.355 e. The molecule has 2 aromatic carbocycles. The first-order valence-corrected chi connectivity index (χ1v) is 8.81. The normalized spacial score (nSPS) is 10.7. The molecule has 0 spiro atoms. The molecule has 0 aromatic heterocycles. The van der Waals surface area contributed by atoms with E-state index in [0.717, 1.165) is 13.0 Å². The molecule has 0 saturated heterocycles. The van der Waals surface area contributed by atoms with Gasteiger partial charge in [0.1, 0.15) is 6.79 Å². The summed E-state index contributed by atoms with van der Waals surface area (Å²) in [5.41, 5.74) is 1.18. The van der Waals surface area contributed by atoms with Gasteiger partial charge < -0.3 is 9.47 Å². The molecular formula is C19H24O2S. The quantitative estimate of drug-likeness (QED) is 0.325. The van der Waals surface area contributed by atoms with Crippen LogP contribution in [0.15, 0.2) is 65.6 Å². The summed E-state index contributed by atoms with van der Waals surface area (Å²) in [6, 6.07) is 20.7. The molecule has 0 unspecified atom stereocenters. The van der Waals surface area contributed by atoms with Gasteiger partial charge in [-0.05, 0) is 36.3 Å². The van der Waals surface area contributed by atoms with Crippen LogP contribution < -0.4 is 0 Å². The average Bonchev–Trinajstić information content (AvgIpc) is 2.58. The number of hydrogen-bond acceptors (Lipinski definition) is 3. The molecule has 0 atom stereocenters. The summed E-state index contributed by atoms with van der Waals surface area (Å²) < 4.78 is 11.0. The molecule has 0 bridgehead atoms. The molecule has 118 valence electrons. The first-order chi connectivity index (χ1) is 10.9. The molecule has 2 nitrogen and oxygen atoms in total. The molecule has 0 aliphatic rings. The standard InChI is InChI=1S/C19H24O2S/c1-4-10-18(11-5-1)16-21-17-20-14-8-3-9-15-22-19-12-6-2-7-13-19/h1-2,4-7,10-13H,3,8-9,14-17H2. The number of hydrogen-bond donors (Lipinski definition) is 0. The number of thioether (sulfide) groups is 1. The lowest BCUT2D eigenvalue weighted by Gasteiger charge is -2.06. The largest absolute Gasteiger partial charge is 0.355 e. The number of rotatable bonds is 11. The molecule has 22 heavy (non-hydrogen) atoms. The molecule has 0 fully saturated rings. The molecule has 0 radical (unpaired) electrons. The average molecular weight is 316 g/mol. The third-order valence-corrected chi connectivity index (χ3v) is 4.32. The summed E-state index contributed by atoms with van der Waals surface area (Å²) in [4.78, 5) is 1.35. The van der Waals surface area contributed by atoms with Gasteiger partial charge in [-0.25, -0.2) is 0 Å². The van der Waals surface area contributed by atoms with Crippen molar-refractivity contribution >= 4 is 11.8 Å². The summed E-state index contributed by atoms with van der Waals surface area (Å²) in [7, 11) is 0. The highest BCUT2D eigenvalue weighted by atomic mass is 32.2. The van der Waals surface area contributed by atoms with Gasteiger partial charge in [-0.1, -0.05) is 55.0 Å². The molecule has 0 amide bonds. The molecule has 3 heteroatoms. The van der Waals surface area contributed by atoms with Crippen LogP contribution in [0.5, 0.6) is 0 Å². The lowest BCUT2D eigenvalue weighted by atomic mass is 10.2. The minimum atomic E-state index is 0.383. The van der Waals surface area contributed by atoms with Crippen LogP contribution in [-0.4, -0.2) is 19.2 Å². The van der Waals surface area contributed by atoms with Crippen LogP contribution in [0, 0.1) is 0 Å². The summed E-state index contributed by atoms with van der Waals surface area (Å²) in [6.07, 6.45) is 3.54. The van der Waals surface area contributed by atoms with Gasteiger partial charge in [0, 0.05) is 11.5 Å². The Morgan fingerprint density at radius 1 is 0.727 bits per heavy atom. The van der Waals surface area contributed by atoms with Crippen LogP contribution in [-0.2, 0) is 16.1 Å². The fraction of sp³-hybridized carbons (Fsp3) is 0.368.